The minimum Gasteiger partial charge on any atom is -0.497 e. The van der Waals surface area contributed by atoms with Gasteiger partial charge in [-0.1, -0.05) is 11.3 Å². The summed E-state index contributed by atoms with van der Waals surface area (Å²) in [7, 11) is 1.61. The average molecular weight is 266 g/mol. The monoisotopic (exact) mass is 266 g/mol. The third-order valence-electron chi connectivity index (χ3n) is 2.15. The number of nitrogens with one attached hydrogen (secondary N) is 1. The van der Waals surface area contributed by atoms with Gasteiger partial charge >= 0.3 is 6.09 Å². The number of nitrogens with zero attached hydrogens (tertiary/aromatic N) is 1. The van der Waals surface area contributed by atoms with Crippen LogP contribution in [0.5, 0.6) is 5.75 Å². The highest BCUT2D eigenvalue weighted by atomic mass is 32.1. The van der Waals surface area contributed by atoms with Crippen molar-refractivity contribution in [2.45, 2.75) is 20.0 Å². The average Bonchev–Trinajstić information content (AvgIpc) is 2.68. The number of methoxy groups -OCH3 is 1. The normalized spacial score (nSPS) is 10.7. The van der Waals surface area contributed by atoms with Crippen LogP contribution in [0.2, 0.25) is 0 Å². The zero-order valence-electron chi connectivity index (χ0n) is 10.4. The van der Waals surface area contributed by atoms with Gasteiger partial charge in [-0.2, -0.15) is 0 Å². The molecule has 18 heavy (non-hydrogen) atoms. The van der Waals surface area contributed by atoms with Crippen LogP contribution < -0.4 is 10.1 Å². The first-order valence-electron chi connectivity index (χ1n) is 5.50. The number of carbonyl (C=O) groups is 1. The zero-order valence-corrected chi connectivity index (χ0v) is 11.2. The van der Waals surface area contributed by atoms with Crippen LogP contribution in [0.1, 0.15) is 13.8 Å². The van der Waals surface area contributed by atoms with Crippen LogP contribution >= 0.6 is 11.3 Å². The third-order valence-corrected chi connectivity index (χ3v) is 3.08. The Kier molecular flexibility index (Phi) is 3.66. The van der Waals surface area contributed by atoms with Crippen molar-refractivity contribution >= 4 is 32.8 Å². The summed E-state index contributed by atoms with van der Waals surface area (Å²) < 4.78 is 11.1. The Labute approximate surface area is 109 Å². The molecule has 96 valence electrons. The number of carbonyl (C=O) groups excluding carboxylic acids is 1. The first-order chi connectivity index (χ1) is 8.58. The van der Waals surface area contributed by atoms with Gasteiger partial charge in [-0.3, -0.25) is 5.32 Å². The number of ether oxygens (including phenoxy) is 2. The second-order valence-corrected chi connectivity index (χ2v) is 4.96. The molecule has 1 aromatic heterocycles. The summed E-state index contributed by atoms with van der Waals surface area (Å²) in [5, 5.41) is 3.12. The minimum atomic E-state index is -0.490. The van der Waals surface area contributed by atoms with Gasteiger partial charge in [0, 0.05) is 0 Å². The molecular weight excluding hydrogens is 252 g/mol. The molecule has 6 heteroatoms. The molecule has 1 aromatic carbocycles. The predicted octanol–water partition coefficient (Wildman–Crippen LogP) is 3.26. The summed E-state index contributed by atoms with van der Waals surface area (Å²) in [5.41, 5.74) is 0.820. The lowest BCUT2D eigenvalue weighted by molar-refractivity contribution is 0.130. The Morgan fingerprint density at radius 3 is 2.89 bits per heavy atom. The van der Waals surface area contributed by atoms with Gasteiger partial charge < -0.3 is 9.47 Å². The van der Waals surface area contributed by atoms with Gasteiger partial charge in [0.1, 0.15) is 5.75 Å². The first-order valence-corrected chi connectivity index (χ1v) is 6.32. The van der Waals surface area contributed by atoms with Crippen LogP contribution in [-0.2, 0) is 4.74 Å². The fraction of sp³-hybridized carbons (Fsp3) is 0.333. The molecule has 0 radical (unpaired) electrons. The SMILES string of the molecule is COc1ccc2nc(NC(=O)OC(C)C)sc2c1. The molecule has 1 amide bonds. The zero-order chi connectivity index (χ0) is 13.1. The summed E-state index contributed by atoms with van der Waals surface area (Å²) in [6.45, 7) is 3.59. The Morgan fingerprint density at radius 2 is 2.22 bits per heavy atom. The maximum atomic E-state index is 11.4. The summed E-state index contributed by atoms with van der Waals surface area (Å²) in [5.74, 6) is 0.766. The number of aromatic nitrogens is 1. The topological polar surface area (TPSA) is 60.5 Å². The van der Waals surface area contributed by atoms with E-state index in [2.05, 4.69) is 10.3 Å². The maximum Gasteiger partial charge on any atom is 0.413 e. The fourth-order valence-electron chi connectivity index (χ4n) is 1.42. The number of anilines is 1. The van der Waals surface area contributed by atoms with E-state index in [1.165, 1.54) is 11.3 Å². The van der Waals surface area contributed by atoms with E-state index in [-0.39, 0.29) is 6.10 Å². The molecule has 0 bridgehead atoms. The lowest BCUT2D eigenvalue weighted by Crippen LogP contribution is -2.17. The molecule has 2 aromatic rings. The molecule has 1 N–H and O–H groups in total. The van der Waals surface area contributed by atoms with E-state index in [1.807, 2.05) is 18.2 Å². The lowest BCUT2D eigenvalue weighted by atomic mass is 10.3. The molecule has 0 aliphatic rings. The van der Waals surface area contributed by atoms with E-state index in [0.29, 0.717) is 5.13 Å². The van der Waals surface area contributed by atoms with Crippen molar-refractivity contribution in [3.63, 3.8) is 0 Å². The van der Waals surface area contributed by atoms with Crippen LogP contribution in [0.3, 0.4) is 0 Å². The van der Waals surface area contributed by atoms with Gasteiger partial charge in [0.15, 0.2) is 5.13 Å². The standard InChI is InChI=1S/C12H14N2O3S/c1-7(2)17-12(15)14-11-13-9-5-4-8(16-3)6-10(9)18-11/h4-7H,1-3H3,(H,13,14,15). The molecule has 1 heterocycles. The molecule has 0 saturated heterocycles. The number of benzene rings is 1. The summed E-state index contributed by atoms with van der Waals surface area (Å²) in [6, 6.07) is 5.56. The van der Waals surface area contributed by atoms with E-state index in [0.717, 1.165) is 16.0 Å². The van der Waals surface area contributed by atoms with Gasteiger partial charge in [-0.05, 0) is 32.0 Å². The highest BCUT2D eigenvalue weighted by molar-refractivity contribution is 7.22. The van der Waals surface area contributed by atoms with Crippen molar-refractivity contribution < 1.29 is 14.3 Å². The molecular formula is C12H14N2O3S. The molecule has 0 unspecified atom stereocenters. The number of hydrogen-bond donors (Lipinski definition) is 1. The quantitative estimate of drug-likeness (QED) is 0.926. The molecule has 0 saturated carbocycles. The van der Waals surface area contributed by atoms with E-state index >= 15 is 0 Å². The van der Waals surface area contributed by atoms with Gasteiger partial charge in [0.2, 0.25) is 0 Å². The van der Waals surface area contributed by atoms with Gasteiger partial charge in [0.25, 0.3) is 0 Å². The molecule has 2 rings (SSSR count). The highest BCUT2D eigenvalue weighted by Crippen LogP contribution is 2.29. The Balaban J connectivity index is 2.17. The molecule has 5 nitrogen and oxygen atoms in total. The number of thiazole rings is 1. The molecule has 0 aliphatic heterocycles. The number of fused-ring (bicyclic) bond motifs is 1. The van der Waals surface area contributed by atoms with E-state index in [9.17, 15) is 4.79 Å². The van der Waals surface area contributed by atoms with Crippen molar-refractivity contribution in [3.05, 3.63) is 18.2 Å². The van der Waals surface area contributed by atoms with Crippen molar-refractivity contribution in [3.8, 4) is 5.75 Å². The number of hydrogen-bond acceptors (Lipinski definition) is 5. The first kappa shape index (κ1) is 12.6. The maximum absolute atomic E-state index is 11.4. The van der Waals surface area contributed by atoms with Crippen LogP contribution in [0, 0.1) is 0 Å². The van der Waals surface area contributed by atoms with Gasteiger partial charge in [-0.25, -0.2) is 9.78 Å². The second kappa shape index (κ2) is 5.22. The van der Waals surface area contributed by atoms with E-state index in [1.54, 1.807) is 21.0 Å². The number of amides is 1. The molecule has 0 fully saturated rings. The van der Waals surface area contributed by atoms with Crippen molar-refractivity contribution in [2.75, 3.05) is 12.4 Å². The summed E-state index contributed by atoms with van der Waals surface area (Å²) >= 11 is 1.38. The minimum absolute atomic E-state index is 0.153. The largest absolute Gasteiger partial charge is 0.497 e. The summed E-state index contributed by atoms with van der Waals surface area (Å²) in [6.07, 6.45) is -0.643. The van der Waals surface area contributed by atoms with Crippen LogP contribution in [0.4, 0.5) is 9.93 Å². The van der Waals surface area contributed by atoms with Gasteiger partial charge in [0.05, 0.1) is 23.4 Å². The molecule has 0 spiro atoms. The Morgan fingerprint density at radius 1 is 1.44 bits per heavy atom. The third kappa shape index (κ3) is 2.89. The van der Waals surface area contributed by atoms with E-state index < -0.39 is 6.09 Å². The molecule has 0 aliphatic carbocycles. The lowest BCUT2D eigenvalue weighted by Gasteiger charge is -2.06. The summed E-state index contributed by atoms with van der Waals surface area (Å²) in [4.78, 5) is 15.7. The van der Waals surface area contributed by atoms with Crippen LogP contribution in [-0.4, -0.2) is 24.3 Å². The highest BCUT2D eigenvalue weighted by Gasteiger charge is 2.10. The van der Waals surface area contributed by atoms with Crippen molar-refractivity contribution in [1.82, 2.24) is 4.98 Å². The van der Waals surface area contributed by atoms with Gasteiger partial charge in [-0.15, -0.1) is 0 Å². The van der Waals surface area contributed by atoms with Crippen molar-refractivity contribution in [1.29, 1.82) is 0 Å². The predicted molar refractivity (Wildman–Crippen MR) is 71.4 cm³/mol. The van der Waals surface area contributed by atoms with Crippen LogP contribution in [0.25, 0.3) is 10.2 Å². The molecule has 0 atom stereocenters. The number of rotatable bonds is 3. The smallest absolute Gasteiger partial charge is 0.413 e. The van der Waals surface area contributed by atoms with Crippen LogP contribution in [0.15, 0.2) is 18.2 Å². The van der Waals surface area contributed by atoms with E-state index in [4.69, 9.17) is 9.47 Å². The fourth-order valence-corrected chi connectivity index (χ4v) is 2.30. The van der Waals surface area contributed by atoms with Crippen molar-refractivity contribution in [2.24, 2.45) is 0 Å². The second-order valence-electron chi connectivity index (χ2n) is 3.93. The Hall–Kier alpha value is -1.82. The Bertz CT molecular complexity index is 565.